The molecule has 0 radical (unpaired) electrons. The van der Waals surface area contributed by atoms with Crippen LogP contribution >= 0.6 is 0 Å². The predicted molar refractivity (Wildman–Crippen MR) is 158 cm³/mol. The smallest absolute Gasteiger partial charge is 0.338 e. The first kappa shape index (κ1) is 30.8. The predicted octanol–water partition coefficient (Wildman–Crippen LogP) is 7.19. The summed E-state index contributed by atoms with van der Waals surface area (Å²) in [6.07, 6.45) is 1.77. The number of hydrogen-bond donors (Lipinski definition) is 0. The van der Waals surface area contributed by atoms with Crippen molar-refractivity contribution in [3.8, 4) is 56.8 Å². The monoisotopic (exact) mass is 560 g/mol. The summed E-state index contributed by atoms with van der Waals surface area (Å²) in [5, 5.41) is 0. The molecule has 0 unspecified atom stereocenters. The van der Waals surface area contributed by atoms with Crippen molar-refractivity contribution in [3.05, 3.63) is 72.8 Å². The summed E-state index contributed by atoms with van der Waals surface area (Å²) in [6, 6.07) is 13.9. The molecule has 41 heavy (non-hydrogen) atoms. The average Bonchev–Trinajstić information content (AvgIpc) is 2.97. The molecule has 0 aliphatic rings. The van der Waals surface area contributed by atoms with Crippen LogP contribution in [0, 0.1) is 0 Å². The van der Waals surface area contributed by atoms with Crippen LogP contribution in [0.25, 0.3) is 22.3 Å². The highest BCUT2D eigenvalue weighted by molar-refractivity contribution is 5.93. The van der Waals surface area contributed by atoms with Crippen molar-refractivity contribution >= 4 is 11.9 Å². The standard InChI is InChI=1S/C33H36O8/c1-9-10-15-39-30-18-27(25-13-11-22(36-6)16-28(25)37-7)31(41-33(35)21(4)5)19-26(30)24-14-12-23(17-29(24)38-8)40-32(34)20(2)3/h11-14,16-19H,2,4,9-10,15H2,1,3,5-8H3. The summed E-state index contributed by atoms with van der Waals surface area (Å²) >= 11 is 0. The average molecular weight is 561 g/mol. The zero-order valence-corrected chi connectivity index (χ0v) is 24.4. The SMILES string of the molecule is C=C(C)C(=O)Oc1ccc(-c2cc(OC(=O)C(=C)C)c(-c3ccc(OC)cc3OC)cc2OCCCC)c(OC)c1. The lowest BCUT2D eigenvalue weighted by atomic mass is 9.96. The van der Waals surface area contributed by atoms with Crippen LogP contribution in [0.3, 0.4) is 0 Å². The molecule has 0 atom stereocenters. The molecule has 0 saturated carbocycles. The van der Waals surface area contributed by atoms with E-state index in [1.165, 1.54) is 7.11 Å². The Morgan fingerprint density at radius 2 is 1.15 bits per heavy atom. The molecular formula is C33H36O8. The maximum Gasteiger partial charge on any atom is 0.338 e. The molecule has 3 aromatic rings. The third-order valence-corrected chi connectivity index (χ3v) is 6.11. The van der Waals surface area contributed by atoms with Gasteiger partial charge in [0.1, 0.15) is 34.5 Å². The number of carbonyl (C=O) groups is 2. The molecule has 0 heterocycles. The summed E-state index contributed by atoms with van der Waals surface area (Å²) in [5.74, 6) is 1.51. The first-order valence-electron chi connectivity index (χ1n) is 13.1. The van der Waals surface area contributed by atoms with E-state index >= 15 is 0 Å². The molecule has 8 nitrogen and oxygen atoms in total. The molecule has 0 spiro atoms. The molecule has 0 aliphatic carbocycles. The van der Waals surface area contributed by atoms with Gasteiger partial charge in [-0.1, -0.05) is 26.5 Å². The Morgan fingerprint density at radius 1 is 0.634 bits per heavy atom. The second-order valence-corrected chi connectivity index (χ2v) is 9.31. The van der Waals surface area contributed by atoms with Gasteiger partial charge in [0.25, 0.3) is 0 Å². The van der Waals surface area contributed by atoms with Crippen LogP contribution in [0.5, 0.6) is 34.5 Å². The number of methoxy groups -OCH3 is 3. The summed E-state index contributed by atoms with van der Waals surface area (Å²) in [4.78, 5) is 24.8. The van der Waals surface area contributed by atoms with Crippen LogP contribution in [0.15, 0.2) is 72.8 Å². The van der Waals surface area contributed by atoms with Crippen molar-refractivity contribution in [3.63, 3.8) is 0 Å². The zero-order chi connectivity index (χ0) is 30.1. The third-order valence-electron chi connectivity index (χ3n) is 6.11. The van der Waals surface area contributed by atoms with E-state index in [0.29, 0.717) is 57.6 Å². The minimum Gasteiger partial charge on any atom is -0.497 e. The number of unbranched alkanes of at least 4 members (excludes halogenated alkanes) is 1. The van der Waals surface area contributed by atoms with Crippen molar-refractivity contribution in [1.82, 2.24) is 0 Å². The number of esters is 2. The number of rotatable bonds is 13. The Morgan fingerprint density at radius 3 is 1.68 bits per heavy atom. The van der Waals surface area contributed by atoms with Crippen LogP contribution in [-0.2, 0) is 9.59 Å². The van der Waals surface area contributed by atoms with Crippen molar-refractivity contribution in [2.45, 2.75) is 33.6 Å². The molecule has 0 bridgehead atoms. The van der Waals surface area contributed by atoms with Gasteiger partial charge in [-0.2, -0.15) is 0 Å². The van der Waals surface area contributed by atoms with Gasteiger partial charge in [0, 0.05) is 45.5 Å². The normalized spacial score (nSPS) is 10.4. The Bertz CT molecular complexity index is 1450. The van der Waals surface area contributed by atoms with Crippen molar-refractivity contribution in [2.75, 3.05) is 27.9 Å². The second kappa shape index (κ2) is 14.1. The van der Waals surface area contributed by atoms with E-state index in [0.717, 1.165) is 12.8 Å². The lowest BCUT2D eigenvalue weighted by Gasteiger charge is -2.20. The van der Waals surface area contributed by atoms with E-state index in [1.807, 2.05) is 12.1 Å². The number of carbonyl (C=O) groups excluding carboxylic acids is 2. The Labute approximate surface area is 241 Å². The lowest BCUT2D eigenvalue weighted by molar-refractivity contribution is -0.130. The Hall–Kier alpha value is -4.72. The van der Waals surface area contributed by atoms with Gasteiger partial charge in [0.05, 0.1) is 27.9 Å². The zero-order valence-electron chi connectivity index (χ0n) is 24.4. The van der Waals surface area contributed by atoms with Crippen LogP contribution in [-0.4, -0.2) is 39.9 Å². The number of ether oxygens (including phenoxy) is 6. The highest BCUT2D eigenvalue weighted by atomic mass is 16.5. The minimum absolute atomic E-state index is 0.240. The summed E-state index contributed by atoms with van der Waals surface area (Å²) in [6.45, 7) is 13.0. The molecular weight excluding hydrogens is 524 g/mol. The van der Waals surface area contributed by atoms with E-state index < -0.39 is 11.9 Å². The summed E-state index contributed by atoms with van der Waals surface area (Å²) in [7, 11) is 4.64. The largest absolute Gasteiger partial charge is 0.497 e. The van der Waals surface area contributed by atoms with Gasteiger partial charge in [-0.3, -0.25) is 0 Å². The summed E-state index contributed by atoms with van der Waals surface area (Å²) in [5.41, 5.74) is 2.99. The fourth-order valence-corrected chi connectivity index (χ4v) is 3.87. The molecule has 0 amide bonds. The van der Waals surface area contributed by atoms with Gasteiger partial charge in [0.2, 0.25) is 0 Å². The fraction of sp³-hybridized carbons (Fsp3) is 0.273. The van der Waals surface area contributed by atoms with E-state index in [2.05, 4.69) is 20.1 Å². The third kappa shape index (κ3) is 7.48. The van der Waals surface area contributed by atoms with E-state index in [4.69, 9.17) is 28.4 Å². The highest BCUT2D eigenvalue weighted by Gasteiger charge is 2.23. The summed E-state index contributed by atoms with van der Waals surface area (Å²) < 4.78 is 34.2. The molecule has 216 valence electrons. The maximum atomic E-state index is 12.7. The van der Waals surface area contributed by atoms with E-state index in [1.54, 1.807) is 64.5 Å². The topological polar surface area (TPSA) is 89.5 Å². The molecule has 0 saturated heterocycles. The molecule has 0 N–H and O–H groups in total. The van der Waals surface area contributed by atoms with Gasteiger partial charge in [0.15, 0.2) is 0 Å². The van der Waals surface area contributed by atoms with Gasteiger partial charge >= 0.3 is 11.9 Å². The van der Waals surface area contributed by atoms with Crippen molar-refractivity contribution < 1.29 is 38.0 Å². The first-order chi connectivity index (χ1) is 19.6. The molecule has 3 aromatic carbocycles. The number of benzene rings is 3. The van der Waals surface area contributed by atoms with Gasteiger partial charge in [-0.15, -0.1) is 0 Å². The molecule has 0 aromatic heterocycles. The fourth-order valence-electron chi connectivity index (χ4n) is 3.87. The van der Waals surface area contributed by atoms with Crippen LogP contribution < -0.4 is 28.4 Å². The minimum atomic E-state index is -0.585. The molecule has 8 heteroatoms. The van der Waals surface area contributed by atoms with Gasteiger partial charge in [-0.25, -0.2) is 9.59 Å². The van der Waals surface area contributed by atoms with Crippen molar-refractivity contribution in [1.29, 1.82) is 0 Å². The van der Waals surface area contributed by atoms with E-state index in [-0.39, 0.29) is 16.9 Å². The van der Waals surface area contributed by atoms with Crippen LogP contribution in [0.4, 0.5) is 0 Å². The second-order valence-electron chi connectivity index (χ2n) is 9.31. The Kier molecular flexibility index (Phi) is 10.6. The van der Waals surface area contributed by atoms with E-state index in [9.17, 15) is 9.59 Å². The molecule has 0 aliphatic heterocycles. The maximum absolute atomic E-state index is 12.7. The van der Waals surface area contributed by atoms with Crippen molar-refractivity contribution in [2.24, 2.45) is 0 Å². The highest BCUT2D eigenvalue weighted by Crippen LogP contribution is 2.47. The van der Waals surface area contributed by atoms with Crippen LogP contribution in [0.2, 0.25) is 0 Å². The quantitative estimate of drug-likeness (QED) is 0.0939. The molecule has 0 fully saturated rings. The first-order valence-corrected chi connectivity index (χ1v) is 13.1. The van der Waals surface area contributed by atoms with Gasteiger partial charge in [-0.05, 0) is 56.7 Å². The lowest BCUT2D eigenvalue weighted by Crippen LogP contribution is -2.10. The Balaban J connectivity index is 2.28. The van der Waals surface area contributed by atoms with Crippen LogP contribution in [0.1, 0.15) is 33.6 Å². The van der Waals surface area contributed by atoms with Gasteiger partial charge < -0.3 is 28.4 Å². The number of hydrogen-bond acceptors (Lipinski definition) is 8. The molecule has 3 rings (SSSR count).